The van der Waals surface area contributed by atoms with Crippen molar-refractivity contribution in [3.05, 3.63) is 102 Å². The van der Waals surface area contributed by atoms with Gasteiger partial charge in [0.15, 0.2) is 0 Å². The molecule has 2 unspecified atom stereocenters. The van der Waals surface area contributed by atoms with Crippen LogP contribution in [0, 0.1) is 0 Å². The molecule has 0 fully saturated rings. The Morgan fingerprint density at radius 2 is 1.58 bits per heavy atom. The summed E-state index contributed by atoms with van der Waals surface area (Å²) in [5.41, 5.74) is 3.46. The molecule has 3 aromatic rings. The summed E-state index contributed by atoms with van der Waals surface area (Å²) in [5, 5.41) is 12.7. The Kier molecular flexibility index (Phi) is 8.47. The summed E-state index contributed by atoms with van der Waals surface area (Å²) < 4.78 is 5.62. The lowest BCUT2D eigenvalue weighted by molar-refractivity contribution is -0.148. The largest absolute Gasteiger partial charge is 0.480 e. The van der Waals surface area contributed by atoms with Crippen molar-refractivity contribution in [2.24, 2.45) is 0 Å². The van der Waals surface area contributed by atoms with E-state index in [0.717, 1.165) is 16.7 Å². The Morgan fingerprint density at radius 3 is 2.28 bits per heavy atom. The van der Waals surface area contributed by atoms with E-state index in [0.29, 0.717) is 31.4 Å². The van der Waals surface area contributed by atoms with Gasteiger partial charge in [0.25, 0.3) is 0 Å². The number of anilines is 1. The van der Waals surface area contributed by atoms with E-state index in [9.17, 15) is 19.5 Å². The fraction of sp³-hybridized carbons (Fsp3) is 0.276. The maximum Gasteiger partial charge on any atom is 0.323 e. The van der Waals surface area contributed by atoms with E-state index in [1.807, 2.05) is 72.8 Å². The van der Waals surface area contributed by atoms with Crippen LogP contribution in [-0.2, 0) is 38.6 Å². The highest BCUT2D eigenvalue weighted by Gasteiger charge is 2.34. The highest BCUT2D eigenvalue weighted by Crippen LogP contribution is 2.27. The first-order chi connectivity index (χ1) is 17.5. The molecule has 0 radical (unpaired) electrons. The number of carbonyl (C=O) groups excluding carboxylic acids is 2. The first-order valence-electron chi connectivity index (χ1n) is 12.1. The number of nitrogens with zero attached hydrogens (tertiary/aromatic N) is 1. The van der Waals surface area contributed by atoms with Crippen molar-refractivity contribution < 1.29 is 24.2 Å². The van der Waals surface area contributed by atoms with Crippen molar-refractivity contribution in [3.63, 3.8) is 0 Å². The number of nitrogens with one attached hydrogen (secondary N) is 1. The van der Waals surface area contributed by atoms with Gasteiger partial charge in [0.05, 0.1) is 6.04 Å². The maximum atomic E-state index is 13.5. The molecule has 1 heterocycles. The SMILES string of the molecule is O=C(O)CN1C(=O)C(NC(CCc2ccccc2)C(=O)OCc2ccccc2)CCc2ccccc21. The standard InChI is InChI=1S/C29H30N2O5/c32-27(33)19-31-26-14-8-7-13-23(26)16-18-24(28(31)34)30-25(17-15-21-9-3-1-4-10-21)29(35)36-20-22-11-5-2-6-12-22/h1-14,24-25,30H,15-20H2,(H,32,33). The van der Waals surface area contributed by atoms with Crippen LogP contribution < -0.4 is 10.2 Å². The number of ether oxygens (including phenoxy) is 1. The Balaban J connectivity index is 1.52. The van der Waals surface area contributed by atoms with E-state index in [2.05, 4.69) is 5.32 Å². The van der Waals surface area contributed by atoms with Gasteiger partial charge in [-0.1, -0.05) is 78.9 Å². The van der Waals surface area contributed by atoms with Crippen molar-refractivity contribution in [2.75, 3.05) is 11.4 Å². The number of carboxylic acids is 1. The van der Waals surface area contributed by atoms with Crippen LogP contribution in [0.3, 0.4) is 0 Å². The Hall–Kier alpha value is -3.97. The average molecular weight is 487 g/mol. The molecule has 7 nitrogen and oxygen atoms in total. The van der Waals surface area contributed by atoms with Gasteiger partial charge in [-0.05, 0) is 48.4 Å². The second-order valence-corrected chi connectivity index (χ2v) is 8.87. The minimum atomic E-state index is -1.10. The summed E-state index contributed by atoms with van der Waals surface area (Å²) in [6.45, 7) is -0.306. The zero-order valence-electron chi connectivity index (χ0n) is 20.0. The summed E-state index contributed by atoms with van der Waals surface area (Å²) in [4.78, 5) is 39.5. The van der Waals surface area contributed by atoms with Crippen molar-refractivity contribution in [1.82, 2.24) is 5.32 Å². The third-order valence-corrected chi connectivity index (χ3v) is 6.32. The number of aliphatic carboxylic acids is 1. The van der Waals surface area contributed by atoms with Gasteiger partial charge in [-0.2, -0.15) is 0 Å². The number of aryl methyl sites for hydroxylation is 2. The molecule has 3 aromatic carbocycles. The van der Waals surface area contributed by atoms with Crippen molar-refractivity contribution in [3.8, 4) is 0 Å². The summed E-state index contributed by atoms with van der Waals surface area (Å²) in [5.74, 6) is -1.89. The summed E-state index contributed by atoms with van der Waals surface area (Å²) in [7, 11) is 0. The number of hydrogen-bond donors (Lipinski definition) is 2. The van der Waals surface area contributed by atoms with Crippen LogP contribution in [0.15, 0.2) is 84.9 Å². The van der Waals surface area contributed by atoms with E-state index in [1.54, 1.807) is 12.1 Å². The lowest BCUT2D eigenvalue weighted by Gasteiger charge is -2.27. The molecule has 0 aliphatic carbocycles. The monoisotopic (exact) mass is 486 g/mol. The molecule has 0 bridgehead atoms. The maximum absolute atomic E-state index is 13.5. The van der Waals surface area contributed by atoms with Gasteiger partial charge in [0.1, 0.15) is 19.2 Å². The quantitative estimate of drug-likeness (QED) is 0.424. The van der Waals surface area contributed by atoms with Crippen LogP contribution in [0.5, 0.6) is 0 Å². The highest BCUT2D eigenvalue weighted by molar-refractivity contribution is 6.02. The fourth-order valence-electron chi connectivity index (χ4n) is 4.47. The molecule has 2 N–H and O–H groups in total. The third kappa shape index (κ3) is 6.58. The van der Waals surface area contributed by atoms with Crippen molar-refractivity contribution >= 4 is 23.5 Å². The predicted molar refractivity (Wildman–Crippen MR) is 136 cm³/mol. The van der Waals surface area contributed by atoms with Gasteiger partial charge in [-0.3, -0.25) is 24.6 Å². The lowest BCUT2D eigenvalue weighted by atomic mass is 10.0. The Morgan fingerprint density at radius 1 is 0.944 bits per heavy atom. The predicted octanol–water partition coefficient (Wildman–Crippen LogP) is 3.75. The lowest BCUT2D eigenvalue weighted by Crippen LogP contribution is -2.53. The second-order valence-electron chi connectivity index (χ2n) is 8.87. The van der Waals surface area contributed by atoms with E-state index in [-0.39, 0.29) is 12.5 Å². The van der Waals surface area contributed by atoms with E-state index >= 15 is 0 Å². The van der Waals surface area contributed by atoms with E-state index in [4.69, 9.17) is 4.74 Å². The summed E-state index contributed by atoms with van der Waals surface area (Å²) in [6.07, 6.45) is 2.09. The van der Waals surface area contributed by atoms with Crippen LogP contribution >= 0.6 is 0 Å². The molecule has 0 saturated heterocycles. The molecule has 186 valence electrons. The zero-order chi connectivity index (χ0) is 25.3. The molecule has 7 heteroatoms. The molecule has 1 aliphatic heterocycles. The topological polar surface area (TPSA) is 95.9 Å². The first-order valence-corrected chi connectivity index (χ1v) is 12.1. The van der Waals surface area contributed by atoms with Crippen molar-refractivity contribution in [1.29, 1.82) is 0 Å². The van der Waals surface area contributed by atoms with E-state index in [1.165, 1.54) is 4.90 Å². The molecular weight excluding hydrogens is 456 g/mol. The number of rotatable bonds is 10. The molecule has 36 heavy (non-hydrogen) atoms. The smallest absolute Gasteiger partial charge is 0.323 e. The van der Waals surface area contributed by atoms with E-state index < -0.39 is 30.6 Å². The molecule has 0 aromatic heterocycles. The summed E-state index contributed by atoms with van der Waals surface area (Å²) in [6, 6.07) is 25.1. The van der Waals surface area contributed by atoms with Gasteiger partial charge in [-0.25, -0.2) is 0 Å². The molecule has 2 atom stereocenters. The summed E-state index contributed by atoms with van der Waals surface area (Å²) >= 11 is 0. The average Bonchev–Trinajstić information content (AvgIpc) is 3.02. The van der Waals surface area contributed by atoms with Gasteiger partial charge in [0.2, 0.25) is 5.91 Å². The normalized spacial score (nSPS) is 16.1. The molecule has 4 rings (SSSR count). The van der Waals surface area contributed by atoms with Crippen LogP contribution in [0.25, 0.3) is 0 Å². The van der Waals surface area contributed by atoms with Crippen LogP contribution in [0.1, 0.15) is 29.5 Å². The zero-order valence-corrected chi connectivity index (χ0v) is 20.0. The molecule has 0 saturated carbocycles. The number of hydrogen-bond acceptors (Lipinski definition) is 5. The number of benzene rings is 3. The number of carbonyl (C=O) groups is 3. The molecular formula is C29H30N2O5. The minimum absolute atomic E-state index is 0.137. The Bertz CT molecular complexity index is 1180. The number of amides is 1. The highest BCUT2D eigenvalue weighted by atomic mass is 16.5. The molecule has 1 aliphatic rings. The fourth-order valence-corrected chi connectivity index (χ4v) is 4.47. The van der Waals surface area contributed by atoms with Gasteiger partial charge in [0, 0.05) is 5.69 Å². The van der Waals surface area contributed by atoms with Gasteiger partial charge in [-0.15, -0.1) is 0 Å². The van der Waals surface area contributed by atoms with Crippen LogP contribution in [0.2, 0.25) is 0 Å². The third-order valence-electron chi connectivity index (χ3n) is 6.32. The van der Waals surface area contributed by atoms with Crippen LogP contribution in [-0.4, -0.2) is 41.6 Å². The molecule has 0 spiro atoms. The number of esters is 1. The first kappa shape index (κ1) is 25.1. The van der Waals surface area contributed by atoms with Gasteiger partial charge >= 0.3 is 11.9 Å². The van der Waals surface area contributed by atoms with Gasteiger partial charge < -0.3 is 9.84 Å². The number of fused-ring (bicyclic) bond motifs is 1. The Labute approximate surface area is 210 Å². The van der Waals surface area contributed by atoms with Crippen molar-refractivity contribution in [2.45, 2.75) is 44.4 Å². The molecule has 1 amide bonds. The minimum Gasteiger partial charge on any atom is -0.480 e. The number of carboxylic acid groups (broad SMARTS) is 1. The number of para-hydroxylation sites is 1. The van der Waals surface area contributed by atoms with Crippen LogP contribution in [0.4, 0.5) is 5.69 Å². The second kappa shape index (κ2) is 12.1.